The number of fused-ring (bicyclic) bond motifs is 1. The summed E-state index contributed by atoms with van der Waals surface area (Å²) in [5.74, 6) is 1.04. The largest absolute Gasteiger partial charge is 0.493 e. The van der Waals surface area contributed by atoms with Gasteiger partial charge in [0.25, 0.3) is 0 Å². The molecule has 19 heavy (non-hydrogen) atoms. The van der Waals surface area contributed by atoms with Crippen LogP contribution in [-0.2, 0) is 19.3 Å². The van der Waals surface area contributed by atoms with Crippen molar-refractivity contribution in [1.29, 1.82) is 0 Å². The van der Waals surface area contributed by atoms with Crippen molar-refractivity contribution < 1.29 is 4.74 Å². The first kappa shape index (κ1) is 12.2. The van der Waals surface area contributed by atoms with Gasteiger partial charge in [-0.25, -0.2) is 0 Å². The lowest BCUT2D eigenvalue weighted by molar-refractivity contribution is 0.357. The summed E-state index contributed by atoms with van der Waals surface area (Å²) in [5, 5.41) is 0. The van der Waals surface area contributed by atoms with Gasteiger partial charge in [-0.3, -0.25) is 0 Å². The number of ether oxygens (including phenoxy) is 1. The van der Waals surface area contributed by atoms with Gasteiger partial charge >= 0.3 is 0 Å². The van der Waals surface area contributed by atoms with Gasteiger partial charge in [0.05, 0.1) is 6.61 Å². The Kier molecular flexibility index (Phi) is 3.51. The lowest BCUT2D eigenvalue weighted by Gasteiger charge is -2.12. The van der Waals surface area contributed by atoms with E-state index >= 15 is 0 Å². The SMILES string of the molecule is NC(Cc1ccccc1)Cc1ccc2c(c1)CCO2. The van der Waals surface area contributed by atoms with E-state index in [0.29, 0.717) is 0 Å². The zero-order valence-corrected chi connectivity index (χ0v) is 11.0. The molecule has 98 valence electrons. The molecule has 0 bridgehead atoms. The van der Waals surface area contributed by atoms with Crippen molar-refractivity contribution in [2.75, 3.05) is 6.61 Å². The molecule has 0 spiro atoms. The summed E-state index contributed by atoms with van der Waals surface area (Å²) in [7, 11) is 0. The van der Waals surface area contributed by atoms with Crippen LogP contribution in [0.3, 0.4) is 0 Å². The highest BCUT2D eigenvalue weighted by Crippen LogP contribution is 2.26. The number of hydrogen-bond acceptors (Lipinski definition) is 2. The molecule has 0 fully saturated rings. The number of hydrogen-bond donors (Lipinski definition) is 1. The van der Waals surface area contributed by atoms with Gasteiger partial charge < -0.3 is 10.5 Å². The lowest BCUT2D eigenvalue weighted by Crippen LogP contribution is -2.25. The fourth-order valence-corrected chi connectivity index (χ4v) is 2.66. The van der Waals surface area contributed by atoms with E-state index in [-0.39, 0.29) is 6.04 Å². The Hall–Kier alpha value is -1.80. The van der Waals surface area contributed by atoms with Crippen molar-refractivity contribution >= 4 is 0 Å². The van der Waals surface area contributed by atoms with Crippen molar-refractivity contribution in [3.8, 4) is 5.75 Å². The van der Waals surface area contributed by atoms with Crippen molar-refractivity contribution in [2.24, 2.45) is 5.73 Å². The maximum absolute atomic E-state index is 6.25. The third kappa shape index (κ3) is 2.96. The normalized spacial score (nSPS) is 14.8. The molecule has 2 aromatic carbocycles. The smallest absolute Gasteiger partial charge is 0.122 e. The van der Waals surface area contributed by atoms with Crippen molar-refractivity contribution in [3.05, 3.63) is 65.2 Å². The van der Waals surface area contributed by atoms with Gasteiger partial charge in [0, 0.05) is 12.5 Å². The predicted octanol–water partition coefficient (Wildman–Crippen LogP) is 2.73. The van der Waals surface area contributed by atoms with E-state index in [1.165, 1.54) is 16.7 Å². The van der Waals surface area contributed by atoms with E-state index in [4.69, 9.17) is 10.5 Å². The van der Waals surface area contributed by atoms with Crippen LogP contribution in [-0.4, -0.2) is 12.6 Å². The first-order valence-electron chi connectivity index (χ1n) is 6.85. The van der Waals surface area contributed by atoms with Crippen LogP contribution in [0, 0.1) is 0 Å². The molecule has 0 saturated heterocycles. The Morgan fingerprint density at radius 1 is 1.00 bits per heavy atom. The minimum absolute atomic E-state index is 0.169. The van der Waals surface area contributed by atoms with Gasteiger partial charge in [-0.1, -0.05) is 42.5 Å². The van der Waals surface area contributed by atoms with Crippen molar-refractivity contribution in [1.82, 2.24) is 0 Å². The van der Waals surface area contributed by atoms with Gasteiger partial charge in [0.2, 0.25) is 0 Å². The van der Waals surface area contributed by atoms with E-state index in [9.17, 15) is 0 Å². The van der Waals surface area contributed by atoms with Gasteiger partial charge in [-0.05, 0) is 35.6 Å². The summed E-state index contributed by atoms with van der Waals surface area (Å²) in [5.41, 5.74) is 10.2. The molecular formula is C17H19NO. The highest BCUT2D eigenvalue weighted by Gasteiger charge is 2.13. The molecule has 1 aliphatic heterocycles. The molecule has 2 aromatic rings. The van der Waals surface area contributed by atoms with Crippen LogP contribution < -0.4 is 10.5 Å². The Bertz CT molecular complexity index is 550. The van der Waals surface area contributed by atoms with Crippen LogP contribution in [0.2, 0.25) is 0 Å². The molecule has 0 aromatic heterocycles. The molecule has 1 heterocycles. The Morgan fingerprint density at radius 2 is 1.79 bits per heavy atom. The number of benzene rings is 2. The molecule has 1 unspecified atom stereocenters. The molecule has 2 N–H and O–H groups in total. The Balaban J connectivity index is 1.65. The van der Waals surface area contributed by atoms with Gasteiger partial charge in [0.15, 0.2) is 0 Å². The second-order valence-electron chi connectivity index (χ2n) is 5.19. The van der Waals surface area contributed by atoms with Crippen LogP contribution >= 0.6 is 0 Å². The maximum atomic E-state index is 6.25. The molecule has 2 heteroatoms. The first-order chi connectivity index (χ1) is 9.31. The summed E-state index contributed by atoms with van der Waals surface area (Å²) < 4.78 is 5.52. The molecule has 0 saturated carbocycles. The second-order valence-corrected chi connectivity index (χ2v) is 5.19. The van der Waals surface area contributed by atoms with Gasteiger partial charge in [0.1, 0.15) is 5.75 Å². The maximum Gasteiger partial charge on any atom is 0.122 e. The monoisotopic (exact) mass is 253 g/mol. The highest BCUT2D eigenvalue weighted by molar-refractivity contribution is 5.40. The van der Waals surface area contributed by atoms with Crippen LogP contribution in [0.15, 0.2) is 48.5 Å². The standard InChI is InChI=1S/C17H19NO/c18-16(11-13-4-2-1-3-5-13)12-14-6-7-17-15(10-14)8-9-19-17/h1-7,10,16H,8-9,11-12,18H2. The fourth-order valence-electron chi connectivity index (χ4n) is 2.66. The van der Waals surface area contributed by atoms with Crippen molar-refractivity contribution in [2.45, 2.75) is 25.3 Å². The summed E-state index contributed by atoms with van der Waals surface area (Å²) in [6, 6.07) is 17.1. The van der Waals surface area contributed by atoms with E-state index in [1.807, 2.05) is 6.07 Å². The number of rotatable bonds is 4. The summed E-state index contributed by atoms with van der Waals surface area (Å²) >= 11 is 0. The average Bonchev–Trinajstić information content (AvgIpc) is 2.87. The summed E-state index contributed by atoms with van der Waals surface area (Å²) in [6.45, 7) is 0.814. The second kappa shape index (κ2) is 5.45. The molecule has 2 nitrogen and oxygen atoms in total. The average molecular weight is 253 g/mol. The quantitative estimate of drug-likeness (QED) is 0.909. The predicted molar refractivity (Wildman–Crippen MR) is 77.5 cm³/mol. The van der Waals surface area contributed by atoms with Gasteiger partial charge in [-0.2, -0.15) is 0 Å². The van der Waals surface area contributed by atoms with E-state index in [0.717, 1.165) is 31.6 Å². The highest BCUT2D eigenvalue weighted by atomic mass is 16.5. The zero-order chi connectivity index (χ0) is 13.1. The summed E-state index contributed by atoms with van der Waals surface area (Å²) in [4.78, 5) is 0. The molecular weight excluding hydrogens is 234 g/mol. The zero-order valence-electron chi connectivity index (χ0n) is 11.0. The first-order valence-corrected chi connectivity index (χ1v) is 6.85. The third-order valence-electron chi connectivity index (χ3n) is 3.59. The van der Waals surface area contributed by atoms with Gasteiger partial charge in [-0.15, -0.1) is 0 Å². The lowest BCUT2D eigenvalue weighted by atomic mass is 9.98. The Labute approximate surface area is 114 Å². The van der Waals surface area contributed by atoms with E-state index in [1.54, 1.807) is 0 Å². The van der Waals surface area contributed by atoms with Crippen LogP contribution in [0.25, 0.3) is 0 Å². The van der Waals surface area contributed by atoms with Crippen molar-refractivity contribution in [3.63, 3.8) is 0 Å². The molecule has 1 aliphatic rings. The third-order valence-corrected chi connectivity index (χ3v) is 3.59. The molecule has 3 rings (SSSR count). The van der Waals surface area contributed by atoms with E-state index < -0.39 is 0 Å². The van der Waals surface area contributed by atoms with E-state index in [2.05, 4.69) is 42.5 Å². The molecule has 0 radical (unpaired) electrons. The molecule has 1 atom stereocenters. The fraction of sp³-hybridized carbons (Fsp3) is 0.294. The Morgan fingerprint density at radius 3 is 2.63 bits per heavy atom. The minimum atomic E-state index is 0.169. The van der Waals surface area contributed by atoms with Crippen LogP contribution in [0.1, 0.15) is 16.7 Å². The number of nitrogens with two attached hydrogens (primary N) is 1. The summed E-state index contributed by atoms with van der Waals surface area (Å²) in [6.07, 6.45) is 2.87. The minimum Gasteiger partial charge on any atom is -0.493 e. The molecule has 0 aliphatic carbocycles. The molecule has 0 amide bonds. The topological polar surface area (TPSA) is 35.2 Å². The van der Waals surface area contributed by atoms with Crippen LogP contribution in [0.4, 0.5) is 0 Å². The van der Waals surface area contributed by atoms with Crippen LogP contribution in [0.5, 0.6) is 5.75 Å².